The fourth-order valence-corrected chi connectivity index (χ4v) is 3.62. The Morgan fingerprint density at radius 2 is 2.32 bits per heavy atom. The summed E-state index contributed by atoms with van der Waals surface area (Å²) in [7, 11) is 0. The highest BCUT2D eigenvalue weighted by molar-refractivity contribution is 7.99. The lowest BCUT2D eigenvalue weighted by Crippen LogP contribution is -2.52. The standard InChI is InChI=1S/C14H18N2O2S/c17-14(12-9-18-7-6-15-12)16-11-5-8-19-13-4-2-1-3-10(11)13/h1-4,11-12,15H,5-9H2,(H,16,17). The molecule has 0 aliphatic carbocycles. The van der Waals surface area contributed by atoms with E-state index in [0.717, 1.165) is 18.7 Å². The minimum Gasteiger partial charge on any atom is -0.378 e. The number of carbonyl (C=O) groups is 1. The van der Waals surface area contributed by atoms with Gasteiger partial charge in [-0.1, -0.05) is 18.2 Å². The van der Waals surface area contributed by atoms with E-state index in [2.05, 4.69) is 22.8 Å². The van der Waals surface area contributed by atoms with Gasteiger partial charge in [0.2, 0.25) is 5.91 Å². The number of rotatable bonds is 2. The van der Waals surface area contributed by atoms with Crippen LogP contribution in [-0.2, 0) is 9.53 Å². The van der Waals surface area contributed by atoms with Crippen LogP contribution in [0, 0.1) is 0 Å². The number of fused-ring (bicyclic) bond motifs is 1. The van der Waals surface area contributed by atoms with Gasteiger partial charge in [-0.3, -0.25) is 4.79 Å². The average Bonchev–Trinajstić information content (AvgIpc) is 2.48. The van der Waals surface area contributed by atoms with Gasteiger partial charge >= 0.3 is 0 Å². The lowest BCUT2D eigenvalue weighted by molar-refractivity contribution is -0.126. The van der Waals surface area contributed by atoms with Crippen molar-refractivity contribution in [1.82, 2.24) is 10.6 Å². The summed E-state index contributed by atoms with van der Waals surface area (Å²) in [4.78, 5) is 13.5. The molecule has 0 radical (unpaired) electrons. The maximum atomic E-state index is 12.2. The second-order valence-corrected chi connectivity index (χ2v) is 5.95. The summed E-state index contributed by atoms with van der Waals surface area (Å²) in [5.41, 5.74) is 1.24. The fourth-order valence-electron chi connectivity index (χ4n) is 2.50. The lowest BCUT2D eigenvalue weighted by Gasteiger charge is -2.29. The zero-order chi connectivity index (χ0) is 13.1. The van der Waals surface area contributed by atoms with Crippen molar-refractivity contribution >= 4 is 17.7 Å². The Kier molecular flexibility index (Phi) is 4.06. The average molecular weight is 278 g/mol. The van der Waals surface area contributed by atoms with Gasteiger partial charge < -0.3 is 15.4 Å². The first-order valence-electron chi connectivity index (χ1n) is 6.68. The van der Waals surface area contributed by atoms with Crippen LogP contribution in [0.3, 0.4) is 0 Å². The maximum Gasteiger partial charge on any atom is 0.240 e. The van der Waals surface area contributed by atoms with Crippen molar-refractivity contribution in [1.29, 1.82) is 0 Å². The number of thioether (sulfide) groups is 1. The summed E-state index contributed by atoms with van der Waals surface area (Å²) >= 11 is 1.86. The summed E-state index contributed by atoms with van der Waals surface area (Å²) in [6, 6.07) is 8.24. The van der Waals surface area contributed by atoms with E-state index < -0.39 is 0 Å². The lowest BCUT2D eigenvalue weighted by atomic mass is 10.0. The Morgan fingerprint density at radius 1 is 1.42 bits per heavy atom. The second-order valence-electron chi connectivity index (χ2n) is 4.82. The van der Waals surface area contributed by atoms with Crippen molar-refractivity contribution in [3.63, 3.8) is 0 Å². The molecule has 2 unspecified atom stereocenters. The van der Waals surface area contributed by atoms with E-state index in [1.807, 2.05) is 23.9 Å². The van der Waals surface area contributed by atoms with Gasteiger partial charge in [-0.25, -0.2) is 0 Å². The molecule has 2 heterocycles. The summed E-state index contributed by atoms with van der Waals surface area (Å²) in [6.45, 7) is 1.90. The van der Waals surface area contributed by atoms with Gasteiger partial charge in [-0.15, -0.1) is 11.8 Å². The number of ether oxygens (including phenoxy) is 1. The topological polar surface area (TPSA) is 50.4 Å². The van der Waals surface area contributed by atoms with Crippen molar-refractivity contribution in [2.45, 2.75) is 23.4 Å². The molecule has 2 N–H and O–H groups in total. The highest BCUT2D eigenvalue weighted by Crippen LogP contribution is 2.35. The largest absolute Gasteiger partial charge is 0.378 e. The van der Waals surface area contributed by atoms with Crippen LogP contribution in [0.4, 0.5) is 0 Å². The van der Waals surface area contributed by atoms with E-state index in [1.165, 1.54) is 10.5 Å². The Hall–Kier alpha value is -1.04. The molecule has 2 aliphatic rings. The first-order chi connectivity index (χ1) is 9.34. The van der Waals surface area contributed by atoms with Crippen LogP contribution < -0.4 is 10.6 Å². The number of morpholine rings is 1. The van der Waals surface area contributed by atoms with E-state index in [9.17, 15) is 4.79 Å². The third-order valence-corrected chi connectivity index (χ3v) is 4.64. The molecule has 3 rings (SSSR count). The van der Waals surface area contributed by atoms with Crippen LogP contribution in [0.15, 0.2) is 29.2 Å². The molecule has 2 aliphatic heterocycles. The minimum absolute atomic E-state index is 0.0476. The van der Waals surface area contributed by atoms with Crippen molar-refractivity contribution in [3.8, 4) is 0 Å². The smallest absolute Gasteiger partial charge is 0.240 e. The number of hydrogen-bond donors (Lipinski definition) is 2. The molecule has 19 heavy (non-hydrogen) atoms. The van der Waals surface area contributed by atoms with Crippen LogP contribution in [0.5, 0.6) is 0 Å². The number of amides is 1. The molecule has 1 saturated heterocycles. The van der Waals surface area contributed by atoms with Gasteiger partial charge in [0.05, 0.1) is 19.3 Å². The Labute approximate surface area is 117 Å². The molecule has 2 atom stereocenters. The molecule has 1 fully saturated rings. The molecular formula is C14H18N2O2S. The van der Waals surface area contributed by atoms with Gasteiger partial charge in [-0.2, -0.15) is 0 Å². The van der Waals surface area contributed by atoms with E-state index >= 15 is 0 Å². The molecule has 0 aromatic heterocycles. The van der Waals surface area contributed by atoms with Crippen molar-refractivity contribution in [3.05, 3.63) is 29.8 Å². The molecule has 0 spiro atoms. The normalized spacial score (nSPS) is 26.5. The number of carbonyl (C=O) groups excluding carboxylic acids is 1. The summed E-state index contributed by atoms with van der Waals surface area (Å²) in [6.07, 6.45) is 0.987. The van der Waals surface area contributed by atoms with Crippen LogP contribution in [0.25, 0.3) is 0 Å². The van der Waals surface area contributed by atoms with Crippen LogP contribution in [0.2, 0.25) is 0 Å². The molecule has 1 amide bonds. The maximum absolute atomic E-state index is 12.2. The molecule has 0 saturated carbocycles. The monoisotopic (exact) mass is 278 g/mol. The quantitative estimate of drug-likeness (QED) is 0.857. The molecule has 4 nitrogen and oxygen atoms in total. The second kappa shape index (κ2) is 5.94. The number of nitrogens with one attached hydrogen (secondary N) is 2. The Bertz CT molecular complexity index is 461. The highest BCUT2D eigenvalue weighted by Gasteiger charge is 2.26. The third-order valence-electron chi connectivity index (χ3n) is 3.51. The Morgan fingerprint density at radius 3 is 3.16 bits per heavy atom. The summed E-state index contributed by atoms with van der Waals surface area (Å²) in [5.74, 6) is 1.10. The summed E-state index contributed by atoms with van der Waals surface area (Å²) < 4.78 is 5.33. The highest BCUT2D eigenvalue weighted by atomic mass is 32.2. The molecule has 0 bridgehead atoms. The van der Waals surface area contributed by atoms with E-state index in [-0.39, 0.29) is 18.0 Å². The molecule has 1 aromatic rings. The zero-order valence-electron chi connectivity index (χ0n) is 10.7. The predicted molar refractivity (Wildman–Crippen MR) is 75.3 cm³/mol. The van der Waals surface area contributed by atoms with E-state index in [1.54, 1.807) is 0 Å². The van der Waals surface area contributed by atoms with E-state index in [0.29, 0.717) is 13.2 Å². The SMILES string of the molecule is O=C(NC1CCSc2ccccc21)C1COCCN1. The first kappa shape index (κ1) is 13.0. The van der Waals surface area contributed by atoms with Gasteiger partial charge in [-0.05, 0) is 18.1 Å². The zero-order valence-corrected chi connectivity index (χ0v) is 11.5. The van der Waals surface area contributed by atoms with Crippen molar-refractivity contribution < 1.29 is 9.53 Å². The van der Waals surface area contributed by atoms with Crippen LogP contribution in [-0.4, -0.2) is 37.5 Å². The van der Waals surface area contributed by atoms with Gasteiger partial charge in [0.1, 0.15) is 6.04 Å². The van der Waals surface area contributed by atoms with Crippen molar-refractivity contribution in [2.75, 3.05) is 25.5 Å². The van der Waals surface area contributed by atoms with E-state index in [4.69, 9.17) is 4.74 Å². The Balaban J connectivity index is 1.68. The fraction of sp³-hybridized carbons (Fsp3) is 0.500. The number of benzene rings is 1. The van der Waals surface area contributed by atoms with Crippen molar-refractivity contribution in [2.24, 2.45) is 0 Å². The molecule has 102 valence electrons. The molecule has 1 aromatic carbocycles. The first-order valence-corrected chi connectivity index (χ1v) is 7.66. The molecule has 5 heteroatoms. The van der Waals surface area contributed by atoms with Gasteiger partial charge in [0.25, 0.3) is 0 Å². The summed E-state index contributed by atoms with van der Waals surface area (Å²) in [5, 5.41) is 6.34. The van der Waals surface area contributed by atoms with Gasteiger partial charge in [0.15, 0.2) is 0 Å². The van der Waals surface area contributed by atoms with Crippen LogP contribution in [0.1, 0.15) is 18.0 Å². The number of hydrogen-bond acceptors (Lipinski definition) is 4. The minimum atomic E-state index is -0.213. The third kappa shape index (κ3) is 2.94. The van der Waals surface area contributed by atoms with Crippen LogP contribution >= 0.6 is 11.8 Å². The van der Waals surface area contributed by atoms with Gasteiger partial charge in [0, 0.05) is 17.2 Å². The predicted octanol–water partition coefficient (Wildman–Crippen LogP) is 1.33. The molecular weight excluding hydrogens is 260 g/mol.